The van der Waals surface area contributed by atoms with Gasteiger partial charge < -0.3 is 0 Å². The number of halogens is 3. The van der Waals surface area contributed by atoms with Crippen molar-refractivity contribution < 1.29 is 13.2 Å². The topological polar surface area (TPSA) is 63.6 Å². The highest BCUT2D eigenvalue weighted by atomic mass is 35.5. The Morgan fingerprint density at radius 2 is 1.70 bits per heavy atom. The van der Waals surface area contributed by atoms with Gasteiger partial charge in [-0.15, -0.1) is 23.2 Å². The zero-order valence-electron chi connectivity index (χ0n) is 12.6. The van der Waals surface area contributed by atoms with Crippen LogP contribution in [0.5, 0.6) is 0 Å². The van der Waals surface area contributed by atoms with Crippen molar-refractivity contribution in [2.75, 3.05) is 0 Å². The van der Waals surface area contributed by atoms with Crippen LogP contribution in [0.1, 0.15) is 19.4 Å². The molecule has 1 aliphatic rings. The van der Waals surface area contributed by atoms with Crippen LogP contribution < -0.4 is 0 Å². The van der Waals surface area contributed by atoms with Gasteiger partial charge in [0.1, 0.15) is 10.3 Å². The van der Waals surface area contributed by atoms with Crippen LogP contribution in [0, 0.1) is 6.92 Å². The molecule has 23 heavy (non-hydrogen) atoms. The van der Waals surface area contributed by atoms with Gasteiger partial charge in [-0.1, -0.05) is 29.3 Å². The van der Waals surface area contributed by atoms with Crippen LogP contribution in [0.25, 0.3) is 0 Å². The van der Waals surface area contributed by atoms with Crippen LogP contribution in [0.3, 0.4) is 0 Å². The Kier molecular flexibility index (Phi) is 4.98. The second kappa shape index (κ2) is 6.20. The molecule has 0 N–H and O–H groups in total. The minimum absolute atomic E-state index is 0.0191. The van der Waals surface area contributed by atoms with Gasteiger partial charge in [-0.25, -0.2) is 0 Å². The van der Waals surface area contributed by atoms with Gasteiger partial charge in [0.05, 0.1) is 15.6 Å². The van der Waals surface area contributed by atoms with Gasteiger partial charge in [-0.05, 0) is 38.5 Å². The van der Waals surface area contributed by atoms with Crippen molar-refractivity contribution in [1.82, 2.24) is 0 Å². The summed E-state index contributed by atoms with van der Waals surface area (Å²) in [7, 11) is -3.99. The van der Waals surface area contributed by atoms with Crippen molar-refractivity contribution in [2.45, 2.75) is 35.9 Å². The third-order valence-corrected chi connectivity index (χ3v) is 6.51. The van der Waals surface area contributed by atoms with Crippen molar-refractivity contribution in [1.29, 1.82) is 0 Å². The minimum atomic E-state index is -3.99. The van der Waals surface area contributed by atoms with Gasteiger partial charge in [0, 0.05) is 0 Å². The normalized spacial score (nSPS) is 27.7. The minimum Gasteiger partial charge on any atom is -0.291 e. The van der Waals surface area contributed by atoms with E-state index in [-0.39, 0.29) is 21.2 Å². The molecule has 0 fully saturated rings. The number of Topliss-reactive ketones (excluding diaryl/α,β-unsaturated/α-hetero) is 1. The smallest absolute Gasteiger partial charge is 0.282 e. The van der Waals surface area contributed by atoms with Gasteiger partial charge in [-0.2, -0.15) is 12.8 Å². The first-order chi connectivity index (χ1) is 10.5. The number of ketones is 1. The first-order valence-corrected chi connectivity index (χ1v) is 9.28. The Labute approximate surface area is 150 Å². The fraction of sp³-hybridized carbons (Fsp3) is 0.333. The van der Waals surface area contributed by atoms with Crippen LogP contribution in [0.4, 0.5) is 0 Å². The summed E-state index contributed by atoms with van der Waals surface area (Å²) in [5.41, 5.74) is 1.11. The van der Waals surface area contributed by atoms with E-state index in [1.807, 2.05) is 6.92 Å². The van der Waals surface area contributed by atoms with Gasteiger partial charge in [0.25, 0.3) is 10.0 Å². The summed E-state index contributed by atoms with van der Waals surface area (Å²) in [5, 5.41) is -1.27. The lowest BCUT2D eigenvalue weighted by Crippen LogP contribution is -2.48. The SMILES string of the molecule is CC1=C(Cl)C(=O)C(C)(Cl)C(Cl)/C1=N\S(=O)(=O)c1ccc(C)cc1. The molecular weight excluding hydrogens is 381 g/mol. The number of nitrogens with zero attached hydrogens (tertiary/aromatic N) is 1. The second-order valence-electron chi connectivity index (χ2n) is 5.47. The van der Waals surface area contributed by atoms with E-state index in [1.165, 1.54) is 26.0 Å². The first kappa shape index (κ1) is 18.5. The summed E-state index contributed by atoms with van der Waals surface area (Å²) in [5.74, 6) is -0.551. The standard InChI is InChI=1S/C15H14Cl3NO3S/c1-8-4-6-10(7-5-8)23(21,22)19-12-9(2)11(16)14(20)15(3,18)13(12)17/h4-7,13H,1-3H3/b19-12-. The van der Waals surface area contributed by atoms with Crippen molar-refractivity contribution in [2.24, 2.45) is 4.40 Å². The molecule has 0 heterocycles. The summed E-state index contributed by atoms with van der Waals surface area (Å²) < 4.78 is 28.7. The highest BCUT2D eigenvalue weighted by molar-refractivity contribution is 7.90. The molecule has 0 aliphatic heterocycles. The summed E-state index contributed by atoms with van der Waals surface area (Å²) in [6, 6.07) is 6.23. The van der Waals surface area contributed by atoms with Crippen molar-refractivity contribution >= 4 is 56.3 Å². The predicted molar refractivity (Wildman–Crippen MR) is 93.3 cm³/mol. The molecule has 8 heteroatoms. The van der Waals surface area contributed by atoms with Crippen LogP contribution in [-0.2, 0) is 14.8 Å². The van der Waals surface area contributed by atoms with Crippen LogP contribution >= 0.6 is 34.8 Å². The van der Waals surface area contributed by atoms with E-state index in [9.17, 15) is 13.2 Å². The number of carbonyl (C=O) groups excluding carboxylic acids is 1. The zero-order valence-corrected chi connectivity index (χ0v) is 15.7. The molecule has 1 aliphatic carbocycles. The monoisotopic (exact) mass is 393 g/mol. The molecule has 1 aromatic carbocycles. The lowest BCUT2D eigenvalue weighted by atomic mass is 9.87. The molecule has 1 aromatic rings. The first-order valence-electron chi connectivity index (χ1n) is 6.64. The highest BCUT2D eigenvalue weighted by Crippen LogP contribution is 2.38. The van der Waals surface area contributed by atoms with Crippen molar-refractivity contribution in [3.8, 4) is 0 Å². The number of hydrogen-bond acceptors (Lipinski definition) is 3. The maximum Gasteiger partial charge on any atom is 0.282 e. The number of rotatable bonds is 2. The molecule has 0 spiro atoms. The molecule has 0 saturated heterocycles. The maximum absolute atomic E-state index is 12.5. The average molecular weight is 395 g/mol. The Hall–Kier alpha value is -0.880. The lowest BCUT2D eigenvalue weighted by molar-refractivity contribution is -0.117. The quantitative estimate of drug-likeness (QED) is 0.716. The molecule has 2 unspecified atom stereocenters. The third-order valence-electron chi connectivity index (χ3n) is 3.61. The van der Waals surface area contributed by atoms with E-state index in [2.05, 4.69) is 4.40 Å². The number of sulfonamides is 1. The predicted octanol–water partition coefficient (Wildman–Crippen LogP) is 3.83. The van der Waals surface area contributed by atoms with Crippen LogP contribution in [0.2, 0.25) is 0 Å². The molecule has 2 atom stereocenters. The molecule has 4 nitrogen and oxygen atoms in total. The average Bonchev–Trinajstić information content (AvgIpc) is 2.49. The number of aryl methyl sites for hydroxylation is 1. The Balaban J connectivity index is 2.61. The Morgan fingerprint density at radius 1 is 1.17 bits per heavy atom. The molecule has 0 amide bonds. The van der Waals surface area contributed by atoms with Gasteiger partial charge in [0.2, 0.25) is 0 Å². The van der Waals surface area contributed by atoms with E-state index < -0.39 is 26.1 Å². The highest BCUT2D eigenvalue weighted by Gasteiger charge is 2.48. The van der Waals surface area contributed by atoms with Crippen LogP contribution in [-0.4, -0.2) is 30.2 Å². The van der Waals surface area contributed by atoms with Crippen LogP contribution in [0.15, 0.2) is 44.2 Å². The Morgan fingerprint density at radius 3 is 2.22 bits per heavy atom. The molecular formula is C15H14Cl3NO3S. The van der Waals surface area contributed by atoms with E-state index in [4.69, 9.17) is 34.8 Å². The molecule has 0 radical (unpaired) electrons. The van der Waals surface area contributed by atoms with Gasteiger partial charge in [0.15, 0.2) is 5.78 Å². The van der Waals surface area contributed by atoms with E-state index in [0.29, 0.717) is 0 Å². The summed E-state index contributed by atoms with van der Waals surface area (Å²) in [6.07, 6.45) is 0. The number of carbonyl (C=O) groups is 1. The molecule has 124 valence electrons. The largest absolute Gasteiger partial charge is 0.291 e. The molecule has 0 bridgehead atoms. The van der Waals surface area contributed by atoms with Crippen molar-refractivity contribution in [3.05, 3.63) is 40.4 Å². The van der Waals surface area contributed by atoms with Crippen molar-refractivity contribution in [3.63, 3.8) is 0 Å². The number of benzene rings is 1. The number of hydrogen-bond donors (Lipinski definition) is 0. The fourth-order valence-electron chi connectivity index (χ4n) is 2.07. The lowest BCUT2D eigenvalue weighted by Gasteiger charge is -2.32. The third kappa shape index (κ3) is 3.33. The van der Waals surface area contributed by atoms with E-state index in [0.717, 1.165) is 5.56 Å². The second-order valence-corrected chi connectivity index (χ2v) is 8.67. The number of alkyl halides is 2. The van der Waals surface area contributed by atoms with E-state index in [1.54, 1.807) is 12.1 Å². The van der Waals surface area contributed by atoms with Gasteiger partial charge in [-0.3, -0.25) is 4.79 Å². The summed E-state index contributed by atoms with van der Waals surface area (Å²) in [6.45, 7) is 4.72. The molecule has 2 rings (SSSR count). The van der Waals surface area contributed by atoms with E-state index >= 15 is 0 Å². The Bertz CT molecular complexity index is 824. The molecule has 0 saturated carbocycles. The zero-order chi connectivity index (χ0) is 17.6. The summed E-state index contributed by atoms with van der Waals surface area (Å²) >= 11 is 18.3. The summed E-state index contributed by atoms with van der Waals surface area (Å²) in [4.78, 5) is 10.5. The molecule has 0 aromatic heterocycles. The maximum atomic E-state index is 12.5. The number of allylic oxidation sites excluding steroid dienone is 2. The van der Waals surface area contributed by atoms with Gasteiger partial charge >= 0.3 is 0 Å². The fourth-order valence-corrected chi connectivity index (χ4v) is 4.06.